The average molecular weight is 451 g/mol. The van der Waals surface area contributed by atoms with E-state index in [1.54, 1.807) is 22.5 Å². The number of benzene rings is 3. The van der Waals surface area contributed by atoms with Gasteiger partial charge in [0.2, 0.25) is 10.0 Å². The maximum absolute atomic E-state index is 13.8. The van der Waals surface area contributed by atoms with Crippen LogP contribution in [0.25, 0.3) is 10.8 Å². The Morgan fingerprint density at radius 1 is 0.938 bits per heavy atom. The summed E-state index contributed by atoms with van der Waals surface area (Å²) in [5.41, 5.74) is 1.69. The highest BCUT2D eigenvalue weighted by Crippen LogP contribution is 2.27. The minimum Gasteiger partial charge on any atom is -0.346 e. The molecule has 0 amide bonds. The van der Waals surface area contributed by atoms with Gasteiger partial charge in [0.15, 0.2) is 0 Å². The molecule has 1 aromatic heterocycles. The molecule has 0 aliphatic carbocycles. The zero-order valence-electron chi connectivity index (χ0n) is 18.3. The molecule has 0 aliphatic rings. The third-order valence-corrected chi connectivity index (χ3v) is 7.31. The lowest BCUT2D eigenvalue weighted by atomic mass is 10.1. The van der Waals surface area contributed by atoms with Crippen LogP contribution < -0.4 is 0 Å². The molecule has 32 heavy (non-hydrogen) atoms. The van der Waals surface area contributed by atoms with Gasteiger partial charge < -0.3 is 4.57 Å². The molecule has 0 unspecified atom stereocenters. The highest BCUT2D eigenvalue weighted by molar-refractivity contribution is 7.89. The summed E-state index contributed by atoms with van der Waals surface area (Å²) in [6.45, 7) is 5.14. The Hall–Kier alpha value is -2.96. The molecule has 4 aromatic rings. The Kier molecular flexibility index (Phi) is 6.44. The van der Waals surface area contributed by atoms with Crippen molar-refractivity contribution in [2.75, 3.05) is 6.54 Å². The van der Waals surface area contributed by atoms with Gasteiger partial charge in [-0.3, -0.25) is 0 Å². The van der Waals surface area contributed by atoms with Crippen molar-refractivity contribution in [3.8, 4) is 0 Å². The predicted molar refractivity (Wildman–Crippen MR) is 126 cm³/mol. The van der Waals surface area contributed by atoms with Gasteiger partial charge in [-0.2, -0.15) is 4.31 Å². The van der Waals surface area contributed by atoms with E-state index in [2.05, 4.69) is 0 Å². The number of nitrogens with zero attached hydrogens (tertiary/aromatic N) is 2. The molecular weight excluding hydrogens is 423 g/mol. The minimum absolute atomic E-state index is 0.159. The maximum atomic E-state index is 13.8. The van der Waals surface area contributed by atoms with Crippen LogP contribution in [-0.2, 0) is 23.1 Å². The molecule has 4 nitrogen and oxygen atoms in total. The van der Waals surface area contributed by atoms with Gasteiger partial charge in [-0.15, -0.1) is 0 Å². The van der Waals surface area contributed by atoms with E-state index in [1.807, 2.05) is 73.1 Å². The summed E-state index contributed by atoms with van der Waals surface area (Å²) < 4.78 is 44.7. The quantitative estimate of drug-likeness (QED) is 0.347. The van der Waals surface area contributed by atoms with Crippen LogP contribution in [0.1, 0.15) is 25.1 Å². The van der Waals surface area contributed by atoms with Crippen molar-refractivity contribution in [1.29, 1.82) is 0 Å². The second-order valence-corrected chi connectivity index (χ2v) is 10.3. The van der Waals surface area contributed by atoms with Gasteiger partial charge in [0, 0.05) is 30.4 Å². The van der Waals surface area contributed by atoms with E-state index in [4.69, 9.17) is 0 Å². The average Bonchev–Trinajstić information content (AvgIpc) is 3.19. The van der Waals surface area contributed by atoms with Crippen molar-refractivity contribution >= 4 is 20.8 Å². The van der Waals surface area contributed by atoms with Crippen molar-refractivity contribution in [1.82, 2.24) is 8.87 Å². The van der Waals surface area contributed by atoms with Crippen LogP contribution in [0.15, 0.2) is 90.0 Å². The number of aromatic nitrogens is 1. The molecule has 0 atom stereocenters. The molecule has 0 saturated heterocycles. The van der Waals surface area contributed by atoms with E-state index >= 15 is 0 Å². The molecule has 0 N–H and O–H groups in total. The lowest BCUT2D eigenvalue weighted by Crippen LogP contribution is -2.34. The lowest BCUT2D eigenvalue weighted by molar-refractivity contribution is 0.355. The van der Waals surface area contributed by atoms with Crippen LogP contribution in [0.2, 0.25) is 0 Å². The van der Waals surface area contributed by atoms with Crippen molar-refractivity contribution in [3.05, 3.63) is 102 Å². The van der Waals surface area contributed by atoms with Crippen molar-refractivity contribution in [2.45, 2.75) is 31.8 Å². The summed E-state index contributed by atoms with van der Waals surface area (Å²) in [4.78, 5) is 0.319. The van der Waals surface area contributed by atoms with E-state index in [-0.39, 0.29) is 18.3 Å². The SMILES string of the molecule is CC(C)CN(Cc1cccn1Cc1cccc(F)c1)S(=O)(=O)c1cccc2ccccc12. The summed E-state index contributed by atoms with van der Waals surface area (Å²) in [5.74, 6) is -0.123. The topological polar surface area (TPSA) is 42.3 Å². The normalized spacial score (nSPS) is 12.2. The molecule has 4 rings (SSSR count). The van der Waals surface area contributed by atoms with Gasteiger partial charge in [-0.1, -0.05) is 62.4 Å². The number of sulfonamides is 1. The Morgan fingerprint density at radius 2 is 1.69 bits per heavy atom. The van der Waals surface area contributed by atoms with Gasteiger partial charge in [-0.25, -0.2) is 12.8 Å². The van der Waals surface area contributed by atoms with E-state index < -0.39 is 10.0 Å². The Balaban J connectivity index is 1.69. The molecule has 0 saturated carbocycles. The van der Waals surface area contributed by atoms with E-state index in [0.29, 0.717) is 18.0 Å². The molecule has 3 aromatic carbocycles. The number of rotatable bonds is 8. The van der Waals surface area contributed by atoms with Crippen LogP contribution in [-0.4, -0.2) is 23.8 Å². The summed E-state index contributed by atoms with van der Waals surface area (Å²) in [5, 5.41) is 1.62. The van der Waals surface area contributed by atoms with E-state index in [9.17, 15) is 12.8 Å². The molecule has 6 heteroatoms. The number of halogens is 1. The van der Waals surface area contributed by atoms with Crippen molar-refractivity contribution < 1.29 is 12.8 Å². The highest BCUT2D eigenvalue weighted by Gasteiger charge is 2.27. The predicted octanol–water partition coefficient (Wildman–Crippen LogP) is 5.68. The first-order valence-electron chi connectivity index (χ1n) is 10.7. The Morgan fingerprint density at radius 3 is 2.47 bits per heavy atom. The zero-order valence-corrected chi connectivity index (χ0v) is 19.1. The maximum Gasteiger partial charge on any atom is 0.244 e. The molecule has 0 radical (unpaired) electrons. The number of hydrogen-bond donors (Lipinski definition) is 0. The highest BCUT2D eigenvalue weighted by atomic mass is 32.2. The second-order valence-electron chi connectivity index (χ2n) is 8.43. The first-order chi connectivity index (χ1) is 15.3. The van der Waals surface area contributed by atoms with Crippen LogP contribution in [0.4, 0.5) is 4.39 Å². The van der Waals surface area contributed by atoms with Gasteiger partial charge in [-0.05, 0) is 47.2 Å². The number of hydrogen-bond acceptors (Lipinski definition) is 2. The van der Waals surface area contributed by atoms with Gasteiger partial charge in [0.1, 0.15) is 5.82 Å². The second kappa shape index (κ2) is 9.27. The molecule has 1 heterocycles. The fourth-order valence-electron chi connectivity index (χ4n) is 3.97. The first-order valence-corrected chi connectivity index (χ1v) is 12.1. The van der Waals surface area contributed by atoms with Crippen LogP contribution in [0.5, 0.6) is 0 Å². The first kappa shape index (κ1) is 22.2. The van der Waals surface area contributed by atoms with Crippen molar-refractivity contribution in [3.63, 3.8) is 0 Å². The molecule has 0 spiro atoms. The summed E-state index contributed by atoms with van der Waals surface area (Å²) in [7, 11) is -3.74. The smallest absolute Gasteiger partial charge is 0.244 e. The van der Waals surface area contributed by atoms with Gasteiger partial charge >= 0.3 is 0 Å². The third kappa shape index (κ3) is 4.76. The lowest BCUT2D eigenvalue weighted by Gasteiger charge is -2.25. The van der Waals surface area contributed by atoms with Crippen LogP contribution in [0, 0.1) is 11.7 Å². The Bertz CT molecular complexity index is 1320. The van der Waals surface area contributed by atoms with Crippen molar-refractivity contribution in [2.24, 2.45) is 5.92 Å². The fourth-order valence-corrected chi connectivity index (χ4v) is 5.76. The van der Waals surface area contributed by atoms with Gasteiger partial charge in [0.05, 0.1) is 11.4 Å². The summed E-state index contributed by atoms with van der Waals surface area (Å²) >= 11 is 0. The largest absolute Gasteiger partial charge is 0.346 e. The summed E-state index contributed by atoms with van der Waals surface area (Å²) in [6.07, 6.45) is 1.90. The summed E-state index contributed by atoms with van der Waals surface area (Å²) in [6, 6.07) is 23.2. The zero-order chi connectivity index (χ0) is 22.7. The molecule has 0 bridgehead atoms. The van der Waals surface area contributed by atoms with Crippen LogP contribution >= 0.6 is 0 Å². The van der Waals surface area contributed by atoms with Crippen LogP contribution in [0.3, 0.4) is 0 Å². The van der Waals surface area contributed by atoms with E-state index in [1.165, 1.54) is 12.1 Å². The number of fused-ring (bicyclic) bond motifs is 1. The van der Waals surface area contributed by atoms with Gasteiger partial charge in [0.25, 0.3) is 0 Å². The molecule has 166 valence electrons. The molecule has 0 fully saturated rings. The minimum atomic E-state index is -3.74. The molecule has 0 aliphatic heterocycles. The van der Waals surface area contributed by atoms with E-state index in [0.717, 1.165) is 22.0 Å². The monoisotopic (exact) mass is 450 g/mol. The standard InChI is InChI=1S/C26H27FN2O2S/c1-20(2)17-29(32(30,31)26-14-6-10-22-9-3-4-13-25(22)26)19-24-12-7-15-28(24)18-21-8-5-11-23(27)16-21/h3-16,20H,17-19H2,1-2H3. The molecular formula is C26H27FN2O2S. The fraction of sp³-hybridized carbons (Fsp3) is 0.231. The Labute approximate surface area is 189 Å². The third-order valence-electron chi connectivity index (χ3n) is 5.44.